The number of likely N-dealkylation sites (N-methyl/N-ethyl adjacent to an activating group) is 1. The number of rotatable bonds is 6. The Labute approximate surface area is 165 Å². The van der Waals surface area contributed by atoms with Crippen LogP contribution in [-0.4, -0.2) is 47.1 Å². The lowest BCUT2D eigenvalue weighted by atomic mass is 10.1. The number of halogens is 1. The van der Waals surface area contributed by atoms with E-state index >= 15 is 0 Å². The molecule has 1 aromatic heterocycles. The zero-order valence-corrected chi connectivity index (χ0v) is 16.7. The number of aromatic nitrogens is 1. The molecule has 7 heteroatoms. The molecule has 1 heterocycles. The van der Waals surface area contributed by atoms with E-state index in [0.29, 0.717) is 28.6 Å². The van der Waals surface area contributed by atoms with Crippen LogP contribution in [0.5, 0.6) is 11.6 Å². The van der Waals surface area contributed by atoms with Gasteiger partial charge in [-0.05, 0) is 44.4 Å². The van der Waals surface area contributed by atoms with Crippen LogP contribution in [0, 0.1) is 0 Å². The first kappa shape index (κ1) is 19.1. The van der Waals surface area contributed by atoms with Gasteiger partial charge in [-0.2, -0.15) is 0 Å². The Bertz CT molecular complexity index is 1030. The van der Waals surface area contributed by atoms with Crippen LogP contribution in [0.4, 0.5) is 5.69 Å². The molecule has 140 valence electrons. The molecule has 0 spiro atoms. The lowest BCUT2D eigenvalue weighted by Crippen LogP contribution is -2.19. The first-order chi connectivity index (χ1) is 13.0. The first-order valence-electron chi connectivity index (χ1n) is 8.42. The number of hydrogen-bond donors (Lipinski definition) is 1. The third-order valence-corrected chi connectivity index (χ3v) is 4.70. The van der Waals surface area contributed by atoms with Crippen molar-refractivity contribution < 1.29 is 9.84 Å². The van der Waals surface area contributed by atoms with E-state index in [1.165, 1.54) is 0 Å². The van der Waals surface area contributed by atoms with Crippen molar-refractivity contribution in [1.29, 1.82) is 0 Å². The maximum Gasteiger partial charge on any atom is 0.271 e. The average Bonchev–Trinajstić information content (AvgIpc) is 2.67. The summed E-state index contributed by atoms with van der Waals surface area (Å²) in [6.07, 6.45) is 1.55. The van der Waals surface area contributed by atoms with Gasteiger partial charge in [0, 0.05) is 23.5 Å². The van der Waals surface area contributed by atoms with Crippen LogP contribution >= 0.6 is 16.1 Å². The van der Waals surface area contributed by atoms with Crippen LogP contribution in [0.15, 0.2) is 58.3 Å². The molecule has 0 aliphatic heterocycles. The molecule has 1 N–H and O–H groups in total. The van der Waals surface area contributed by atoms with E-state index in [9.17, 15) is 9.90 Å². The molecular weight excluding hydrogens is 410 g/mol. The average molecular weight is 430 g/mol. The highest BCUT2D eigenvalue weighted by molar-refractivity contribution is 9.08. The Hall–Kier alpha value is -2.64. The monoisotopic (exact) mass is 429 g/mol. The Morgan fingerprint density at radius 3 is 2.48 bits per heavy atom. The van der Waals surface area contributed by atoms with Crippen LogP contribution in [-0.2, 0) is 0 Å². The van der Waals surface area contributed by atoms with Crippen molar-refractivity contribution in [3.63, 3.8) is 0 Å². The van der Waals surface area contributed by atoms with Gasteiger partial charge in [0.15, 0.2) is 0 Å². The van der Waals surface area contributed by atoms with Crippen molar-refractivity contribution in [2.75, 3.05) is 27.2 Å². The molecule has 0 atom stereocenters. The molecule has 0 aliphatic rings. The standard InChI is InChI=1S/C20H20BrN3O3/c1-23(2)11-12-27-15-9-7-14(8-10-15)22-13-18-16-5-3-4-6-17(16)19(25)24(21)20(18)26/h3-10,13,26H,11-12H2,1-2H3. The van der Waals surface area contributed by atoms with E-state index in [2.05, 4.69) is 26.0 Å². The number of ether oxygens (including phenoxy) is 1. The van der Waals surface area contributed by atoms with Gasteiger partial charge in [0.25, 0.3) is 5.56 Å². The molecule has 0 saturated heterocycles. The fraction of sp³-hybridized carbons (Fsp3) is 0.200. The molecule has 0 radical (unpaired) electrons. The minimum atomic E-state index is -0.320. The van der Waals surface area contributed by atoms with E-state index in [1.807, 2.05) is 44.4 Å². The predicted octanol–water partition coefficient (Wildman–Crippen LogP) is 3.56. The zero-order valence-electron chi connectivity index (χ0n) is 15.1. The SMILES string of the molecule is CN(C)CCOc1ccc(N=Cc2c(O)n(Br)c(=O)c3ccccc23)cc1. The predicted molar refractivity (Wildman–Crippen MR) is 112 cm³/mol. The Kier molecular flexibility index (Phi) is 5.93. The Morgan fingerprint density at radius 1 is 1.15 bits per heavy atom. The summed E-state index contributed by atoms with van der Waals surface area (Å²) < 4.78 is 6.70. The number of hydrogen-bond acceptors (Lipinski definition) is 5. The molecule has 3 rings (SSSR count). The van der Waals surface area contributed by atoms with Crippen molar-refractivity contribution in [1.82, 2.24) is 8.49 Å². The van der Waals surface area contributed by atoms with Crippen LogP contribution in [0.1, 0.15) is 5.56 Å². The second-order valence-electron chi connectivity index (χ2n) is 6.27. The van der Waals surface area contributed by atoms with Crippen molar-refractivity contribution in [2.24, 2.45) is 4.99 Å². The maximum atomic E-state index is 12.2. The molecule has 0 fully saturated rings. The summed E-state index contributed by atoms with van der Waals surface area (Å²) in [4.78, 5) is 18.7. The van der Waals surface area contributed by atoms with Crippen molar-refractivity contribution in [3.05, 3.63) is 64.4 Å². The second-order valence-corrected chi connectivity index (χ2v) is 6.98. The zero-order chi connectivity index (χ0) is 19.4. The van der Waals surface area contributed by atoms with E-state index in [1.54, 1.807) is 24.4 Å². The largest absolute Gasteiger partial charge is 0.493 e. The number of nitrogens with zero attached hydrogens (tertiary/aromatic N) is 3. The molecule has 0 aliphatic carbocycles. The third-order valence-electron chi connectivity index (χ3n) is 4.04. The normalized spacial score (nSPS) is 11.6. The summed E-state index contributed by atoms with van der Waals surface area (Å²) in [6, 6.07) is 14.5. The number of benzene rings is 2. The van der Waals surface area contributed by atoms with Crippen LogP contribution in [0.3, 0.4) is 0 Å². The topological polar surface area (TPSA) is 67.1 Å². The van der Waals surface area contributed by atoms with E-state index < -0.39 is 0 Å². The lowest BCUT2D eigenvalue weighted by molar-refractivity contribution is 0.261. The molecule has 0 amide bonds. The van der Waals surface area contributed by atoms with Crippen molar-refractivity contribution >= 4 is 38.8 Å². The van der Waals surface area contributed by atoms with Gasteiger partial charge in [0.05, 0.1) is 27.4 Å². The lowest BCUT2D eigenvalue weighted by Gasteiger charge is -2.11. The quantitative estimate of drug-likeness (QED) is 0.608. The summed E-state index contributed by atoms with van der Waals surface area (Å²) in [5.41, 5.74) is 0.860. The summed E-state index contributed by atoms with van der Waals surface area (Å²) in [5.74, 6) is 0.587. The minimum absolute atomic E-state index is 0.189. The molecule has 0 bridgehead atoms. The summed E-state index contributed by atoms with van der Waals surface area (Å²) in [7, 11) is 3.99. The van der Waals surface area contributed by atoms with Gasteiger partial charge < -0.3 is 14.7 Å². The number of aromatic hydroxyl groups is 1. The Balaban J connectivity index is 1.85. The van der Waals surface area contributed by atoms with Gasteiger partial charge in [0.2, 0.25) is 5.88 Å². The Morgan fingerprint density at radius 2 is 1.81 bits per heavy atom. The molecule has 0 unspecified atom stereocenters. The molecule has 6 nitrogen and oxygen atoms in total. The van der Waals surface area contributed by atoms with Gasteiger partial charge in [-0.25, -0.2) is 3.59 Å². The summed E-state index contributed by atoms with van der Waals surface area (Å²) in [6.45, 7) is 1.46. The smallest absolute Gasteiger partial charge is 0.271 e. The van der Waals surface area contributed by atoms with Crippen molar-refractivity contribution in [2.45, 2.75) is 0 Å². The molecular formula is C20H20BrN3O3. The highest BCUT2D eigenvalue weighted by Crippen LogP contribution is 2.25. The first-order valence-corrected chi connectivity index (χ1v) is 9.13. The summed E-state index contributed by atoms with van der Waals surface area (Å²) in [5, 5.41) is 11.5. The van der Waals surface area contributed by atoms with Crippen molar-refractivity contribution in [3.8, 4) is 11.6 Å². The molecule has 27 heavy (non-hydrogen) atoms. The van der Waals surface area contributed by atoms with E-state index in [0.717, 1.165) is 15.9 Å². The second kappa shape index (κ2) is 8.37. The van der Waals surface area contributed by atoms with Gasteiger partial charge >= 0.3 is 0 Å². The molecule has 2 aromatic carbocycles. The highest BCUT2D eigenvalue weighted by atomic mass is 79.9. The minimum Gasteiger partial charge on any atom is -0.493 e. The fourth-order valence-electron chi connectivity index (χ4n) is 2.57. The molecule has 0 saturated carbocycles. The highest BCUT2D eigenvalue weighted by Gasteiger charge is 2.13. The van der Waals surface area contributed by atoms with Crippen LogP contribution in [0.25, 0.3) is 10.8 Å². The number of pyridine rings is 1. The van der Waals surface area contributed by atoms with Gasteiger partial charge in [-0.3, -0.25) is 9.79 Å². The number of fused-ring (bicyclic) bond motifs is 1. The van der Waals surface area contributed by atoms with Gasteiger partial charge in [0.1, 0.15) is 12.4 Å². The van der Waals surface area contributed by atoms with Gasteiger partial charge in [-0.1, -0.05) is 18.2 Å². The van der Waals surface area contributed by atoms with Crippen LogP contribution < -0.4 is 10.3 Å². The summed E-state index contributed by atoms with van der Waals surface area (Å²) >= 11 is 3.09. The third kappa shape index (κ3) is 4.37. The molecule has 3 aromatic rings. The van der Waals surface area contributed by atoms with E-state index in [4.69, 9.17) is 4.74 Å². The van der Waals surface area contributed by atoms with E-state index in [-0.39, 0.29) is 11.4 Å². The fourth-order valence-corrected chi connectivity index (χ4v) is 2.96. The number of aliphatic imine (C=N–C) groups is 1. The van der Waals surface area contributed by atoms with Gasteiger partial charge in [-0.15, -0.1) is 0 Å². The maximum absolute atomic E-state index is 12.2. The van der Waals surface area contributed by atoms with Crippen LogP contribution in [0.2, 0.25) is 0 Å².